The molecule has 0 heterocycles. The van der Waals surface area contributed by atoms with Crippen LogP contribution in [0, 0.1) is 11.6 Å². The number of carbonyl (C=O) groups is 1. The van der Waals surface area contributed by atoms with Crippen molar-refractivity contribution in [3.63, 3.8) is 0 Å². The minimum Gasteiger partial charge on any atom is -0.387 e. The lowest BCUT2D eigenvalue weighted by molar-refractivity contribution is -0.120. The molecule has 0 radical (unpaired) electrons. The summed E-state index contributed by atoms with van der Waals surface area (Å²) >= 11 is 1.40. The van der Waals surface area contributed by atoms with E-state index in [1.165, 1.54) is 17.8 Å². The van der Waals surface area contributed by atoms with Crippen molar-refractivity contribution in [1.82, 2.24) is 5.32 Å². The lowest BCUT2D eigenvalue weighted by Crippen LogP contribution is -2.34. The van der Waals surface area contributed by atoms with Crippen LogP contribution in [0.25, 0.3) is 0 Å². The van der Waals surface area contributed by atoms with E-state index in [0.717, 1.165) is 17.0 Å². The molecule has 0 aromatic heterocycles. The molecular weight excluding hydrogens is 320 g/mol. The number of aliphatic hydroxyl groups excluding tert-OH is 1. The van der Waals surface area contributed by atoms with Gasteiger partial charge in [0.25, 0.3) is 0 Å². The average molecular weight is 337 g/mol. The molecule has 2 aromatic carbocycles. The van der Waals surface area contributed by atoms with Crippen LogP contribution in [0.2, 0.25) is 0 Å². The smallest absolute Gasteiger partial charge is 0.233 e. The second-order valence-corrected chi connectivity index (χ2v) is 6.42. The van der Waals surface area contributed by atoms with Crippen LogP contribution in [0.1, 0.15) is 18.6 Å². The minimum atomic E-state index is -1.09. The molecule has 0 aliphatic rings. The fourth-order valence-corrected chi connectivity index (χ4v) is 2.85. The molecule has 2 unspecified atom stereocenters. The molecule has 0 spiro atoms. The van der Waals surface area contributed by atoms with E-state index in [0.29, 0.717) is 0 Å². The second kappa shape index (κ2) is 8.08. The van der Waals surface area contributed by atoms with Gasteiger partial charge in [0.05, 0.1) is 11.4 Å². The highest BCUT2D eigenvalue weighted by Gasteiger charge is 2.17. The van der Waals surface area contributed by atoms with E-state index >= 15 is 0 Å². The first-order valence-corrected chi connectivity index (χ1v) is 7.97. The summed E-state index contributed by atoms with van der Waals surface area (Å²) in [6.45, 7) is 1.69. The van der Waals surface area contributed by atoms with Gasteiger partial charge < -0.3 is 10.4 Å². The van der Waals surface area contributed by atoms with Crippen LogP contribution in [0.4, 0.5) is 8.78 Å². The van der Waals surface area contributed by atoms with Crippen molar-refractivity contribution in [2.24, 2.45) is 0 Å². The van der Waals surface area contributed by atoms with Gasteiger partial charge in [-0.25, -0.2) is 8.78 Å². The Morgan fingerprint density at radius 3 is 2.52 bits per heavy atom. The lowest BCUT2D eigenvalue weighted by atomic mass is 10.1. The largest absolute Gasteiger partial charge is 0.387 e. The number of aliphatic hydroxyl groups is 1. The number of hydrogen-bond acceptors (Lipinski definition) is 3. The molecular formula is C17H17F2NO2S. The van der Waals surface area contributed by atoms with Gasteiger partial charge in [-0.1, -0.05) is 24.3 Å². The van der Waals surface area contributed by atoms with Gasteiger partial charge in [-0.3, -0.25) is 4.79 Å². The number of nitrogens with one attached hydrogen (secondary N) is 1. The summed E-state index contributed by atoms with van der Waals surface area (Å²) in [5.41, 5.74) is 0.215. The molecule has 2 atom stereocenters. The molecule has 0 fully saturated rings. The summed E-state index contributed by atoms with van der Waals surface area (Å²) in [6.07, 6.45) is -1.09. The zero-order valence-electron chi connectivity index (χ0n) is 12.5. The zero-order valence-corrected chi connectivity index (χ0v) is 13.3. The first kappa shape index (κ1) is 17.4. The van der Waals surface area contributed by atoms with Crippen LogP contribution in [0.15, 0.2) is 53.4 Å². The molecule has 0 saturated heterocycles. The number of halogens is 2. The van der Waals surface area contributed by atoms with Crippen molar-refractivity contribution in [2.45, 2.75) is 23.2 Å². The molecule has 2 aromatic rings. The van der Waals surface area contributed by atoms with Gasteiger partial charge in [-0.15, -0.1) is 11.8 Å². The van der Waals surface area contributed by atoms with Crippen LogP contribution >= 0.6 is 11.8 Å². The third-order valence-corrected chi connectivity index (χ3v) is 4.34. The minimum absolute atomic E-state index is 0.0659. The van der Waals surface area contributed by atoms with E-state index in [9.17, 15) is 18.7 Å². The molecule has 0 bridgehead atoms. The Morgan fingerprint density at radius 2 is 1.87 bits per heavy atom. The molecule has 23 heavy (non-hydrogen) atoms. The van der Waals surface area contributed by atoms with Crippen molar-refractivity contribution in [3.8, 4) is 0 Å². The van der Waals surface area contributed by atoms with Gasteiger partial charge in [0.2, 0.25) is 5.91 Å². The topological polar surface area (TPSA) is 49.3 Å². The monoisotopic (exact) mass is 337 g/mol. The van der Waals surface area contributed by atoms with E-state index < -0.39 is 17.7 Å². The highest BCUT2D eigenvalue weighted by atomic mass is 32.2. The summed E-state index contributed by atoms with van der Waals surface area (Å²) in [5.74, 6) is -2.24. The summed E-state index contributed by atoms with van der Waals surface area (Å²) in [5, 5.41) is 12.2. The predicted octanol–water partition coefficient (Wildman–Crippen LogP) is 3.30. The van der Waals surface area contributed by atoms with Gasteiger partial charge in [0.1, 0.15) is 0 Å². The highest BCUT2D eigenvalue weighted by molar-refractivity contribution is 8.00. The van der Waals surface area contributed by atoms with Gasteiger partial charge in [-0.2, -0.15) is 0 Å². The van der Waals surface area contributed by atoms with Gasteiger partial charge in [0.15, 0.2) is 11.6 Å². The average Bonchev–Trinajstić information content (AvgIpc) is 2.55. The Bertz CT molecular complexity index is 667. The molecule has 6 heteroatoms. The number of rotatable bonds is 6. The number of thioether (sulfide) groups is 1. The third kappa shape index (κ3) is 5.04. The van der Waals surface area contributed by atoms with Crippen molar-refractivity contribution in [1.29, 1.82) is 0 Å². The molecule has 1 amide bonds. The maximum absolute atomic E-state index is 13.1. The molecule has 3 nitrogen and oxygen atoms in total. The quantitative estimate of drug-likeness (QED) is 0.795. The van der Waals surface area contributed by atoms with Crippen LogP contribution in [0.3, 0.4) is 0 Å². The van der Waals surface area contributed by atoms with Crippen molar-refractivity contribution in [2.75, 3.05) is 6.54 Å². The Kier molecular flexibility index (Phi) is 6.12. The fraction of sp³-hybridized carbons (Fsp3) is 0.235. The normalized spacial score (nSPS) is 13.4. The van der Waals surface area contributed by atoms with E-state index in [-0.39, 0.29) is 23.3 Å². The second-order valence-electron chi connectivity index (χ2n) is 5.01. The van der Waals surface area contributed by atoms with Gasteiger partial charge in [0, 0.05) is 11.4 Å². The maximum Gasteiger partial charge on any atom is 0.233 e. The number of benzene rings is 2. The fourth-order valence-electron chi connectivity index (χ4n) is 1.94. The SMILES string of the molecule is CC(Sc1ccccc1)C(=O)NCC(O)c1ccc(F)c(F)c1. The number of carbonyl (C=O) groups excluding carboxylic acids is 1. The summed E-state index contributed by atoms with van der Waals surface area (Å²) in [6, 6.07) is 12.6. The lowest BCUT2D eigenvalue weighted by Gasteiger charge is -2.15. The molecule has 0 aliphatic carbocycles. The molecule has 0 saturated carbocycles. The van der Waals surface area contributed by atoms with Gasteiger partial charge >= 0.3 is 0 Å². The summed E-state index contributed by atoms with van der Waals surface area (Å²) in [4.78, 5) is 13.0. The van der Waals surface area contributed by atoms with Gasteiger partial charge in [-0.05, 0) is 36.8 Å². The standard InChI is InChI=1S/C17H17F2NO2S/c1-11(23-13-5-3-2-4-6-13)17(22)20-10-16(21)12-7-8-14(18)15(19)9-12/h2-9,11,16,21H,10H2,1H3,(H,20,22). The Hall–Kier alpha value is -1.92. The maximum atomic E-state index is 13.1. The summed E-state index contributed by atoms with van der Waals surface area (Å²) in [7, 11) is 0. The van der Waals surface area contributed by atoms with Crippen LogP contribution in [-0.2, 0) is 4.79 Å². The van der Waals surface area contributed by atoms with Crippen LogP contribution < -0.4 is 5.32 Å². The molecule has 122 valence electrons. The molecule has 2 N–H and O–H groups in total. The predicted molar refractivity (Wildman–Crippen MR) is 86.1 cm³/mol. The molecule has 2 rings (SSSR count). The van der Waals surface area contributed by atoms with E-state index in [4.69, 9.17) is 0 Å². The van der Waals surface area contributed by atoms with Crippen LogP contribution in [0.5, 0.6) is 0 Å². The first-order chi connectivity index (χ1) is 11.0. The van der Waals surface area contributed by atoms with E-state index in [2.05, 4.69) is 5.32 Å². The third-order valence-electron chi connectivity index (χ3n) is 3.22. The first-order valence-electron chi connectivity index (χ1n) is 7.10. The van der Waals surface area contributed by atoms with E-state index in [1.807, 2.05) is 30.3 Å². The highest BCUT2D eigenvalue weighted by Crippen LogP contribution is 2.23. The number of hydrogen-bond donors (Lipinski definition) is 2. The summed E-state index contributed by atoms with van der Waals surface area (Å²) < 4.78 is 26.0. The van der Waals surface area contributed by atoms with Crippen molar-refractivity contribution >= 4 is 17.7 Å². The number of amides is 1. The molecule has 0 aliphatic heterocycles. The Balaban J connectivity index is 1.86. The zero-order chi connectivity index (χ0) is 16.8. The van der Waals surface area contributed by atoms with Crippen LogP contribution in [-0.4, -0.2) is 22.8 Å². The Morgan fingerprint density at radius 1 is 1.17 bits per heavy atom. The van der Waals surface area contributed by atoms with Crippen molar-refractivity contribution < 1.29 is 18.7 Å². The van der Waals surface area contributed by atoms with Crippen molar-refractivity contribution in [3.05, 3.63) is 65.7 Å². The Labute approximate surface area is 137 Å². The van der Waals surface area contributed by atoms with E-state index in [1.54, 1.807) is 6.92 Å².